The number of para-hydroxylation sites is 1. The van der Waals surface area contributed by atoms with Crippen molar-refractivity contribution in [3.8, 4) is 0 Å². The summed E-state index contributed by atoms with van der Waals surface area (Å²) in [5, 5.41) is 8.21. The van der Waals surface area contributed by atoms with Crippen molar-refractivity contribution in [1.29, 1.82) is 0 Å². The van der Waals surface area contributed by atoms with Crippen LogP contribution in [0, 0.1) is 0 Å². The molecule has 2 aromatic carbocycles. The summed E-state index contributed by atoms with van der Waals surface area (Å²) in [5.74, 6) is 0. The normalized spacial score (nSPS) is 10.7. The summed E-state index contributed by atoms with van der Waals surface area (Å²) in [6.45, 7) is 0. The van der Waals surface area contributed by atoms with Gasteiger partial charge in [-0.3, -0.25) is 0 Å². The Morgan fingerprint density at radius 1 is 1.06 bits per heavy atom. The second-order valence-electron chi connectivity index (χ2n) is 3.80. The van der Waals surface area contributed by atoms with Crippen LogP contribution in [0.2, 0.25) is 0 Å². The smallest absolute Gasteiger partial charge is 0.137 e. The van der Waals surface area contributed by atoms with Crippen LogP contribution in [-0.4, -0.2) is 20.0 Å². The lowest BCUT2D eigenvalue weighted by Crippen LogP contribution is -2.12. The minimum atomic E-state index is 0.649. The van der Waals surface area contributed by atoms with Gasteiger partial charge in [-0.25, -0.2) is 4.68 Å². The van der Waals surface area contributed by atoms with E-state index in [1.165, 1.54) is 0 Å². The van der Waals surface area contributed by atoms with Crippen LogP contribution in [0.5, 0.6) is 0 Å². The number of fused-ring (bicyclic) bond motifs is 1. The monoisotopic (exact) mass is 317 g/mol. The van der Waals surface area contributed by atoms with Gasteiger partial charge in [0.15, 0.2) is 0 Å². The van der Waals surface area contributed by atoms with Crippen LogP contribution in [-0.2, 0) is 0 Å². The molecule has 88 valence electrons. The maximum Gasteiger partial charge on any atom is 0.137 e. The van der Waals surface area contributed by atoms with Gasteiger partial charge in [0.2, 0.25) is 0 Å². The van der Waals surface area contributed by atoms with Gasteiger partial charge in [-0.2, -0.15) is 0 Å². The zero-order valence-corrected chi connectivity index (χ0v) is 11.6. The number of benzene rings is 2. The largest absolute Gasteiger partial charge is 0.201 e. The summed E-state index contributed by atoms with van der Waals surface area (Å²) >= 11 is 8.86. The van der Waals surface area contributed by atoms with E-state index in [4.69, 9.17) is 12.2 Å². The topological polar surface area (TPSA) is 30.7 Å². The molecule has 0 radical (unpaired) electrons. The highest BCUT2D eigenvalue weighted by molar-refractivity contribution is 9.10. The molecule has 0 aliphatic rings. The van der Waals surface area contributed by atoms with Gasteiger partial charge in [-0.1, -0.05) is 57.6 Å². The average molecular weight is 318 g/mol. The van der Waals surface area contributed by atoms with Crippen molar-refractivity contribution in [3.05, 3.63) is 58.6 Å². The van der Waals surface area contributed by atoms with Gasteiger partial charge >= 0.3 is 0 Å². The van der Waals surface area contributed by atoms with E-state index < -0.39 is 0 Å². The van der Waals surface area contributed by atoms with Gasteiger partial charge in [-0.15, -0.1) is 5.10 Å². The first-order chi connectivity index (χ1) is 8.75. The molecule has 0 atom stereocenters. The molecule has 0 saturated carbocycles. The van der Waals surface area contributed by atoms with Crippen molar-refractivity contribution in [3.63, 3.8) is 0 Å². The van der Waals surface area contributed by atoms with Crippen molar-refractivity contribution in [2.75, 3.05) is 0 Å². The summed E-state index contributed by atoms with van der Waals surface area (Å²) in [5.41, 5.74) is 2.71. The molecule has 0 amide bonds. The lowest BCUT2D eigenvalue weighted by Gasteiger charge is -2.04. The van der Waals surface area contributed by atoms with Crippen LogP contribution >= 0.6 is 28.1 Å². The molecule has 0 N–H and O–H groups in total. The van der Waals surface area contributed by atoms with E-state index in [2.05, 4.69) is 26.2 Å². The molecule has 1 heterocycles. The predicted octanol–water partition coefficient (Wildman–Crippen LogP) is 3.42. The summed E-state index contributed by atoms with van der Waals surface area (Å²) in [4.78, 5) is 0.649. The third-order valence-corrected chi connectivity index (χ3v) is 3.57. The van der Waals surface area contributed by atoms with E-state index in [-0.39, 0.29) is 0 Å². The number of thiocarbonyl (C=S) groups is 1. The van der Waals surface area contributed by atoms with Crippen LogP contribution in [0.25, 0.3) is 11.0 Å². The SMILES string of the molecule is S=C(c1ccc(Br)cc1)n1nnc2ccccc21. The van der Waals surface area contributed by atoms with Gasteiger partial charge in [0.25, 0.3) is 0 Å². The van der Waals surface area contributed by atoms with E-state index in [1.54, 1.807) is 4.68 Å². The number of hydrogen-bond acceptors (Lipinski definition) is 3. The fourth-order valence-electron chi connectivity index (χ4n) is 1.73. The minimum Gasteiger partial charge on any atom is -0.201 e. The molecule has 0 aliphatic carbocycles. The number of rotatable bonds is 1. The molecule has 0 bridgehead atoms. The van der Waals surface area contributed by atoms with E-state index in [0.29, 0.717) is 4.99 Å². The van der Waals surface area contributed by atoms with Gasteiger partial charge in [0, 0.05) is 10.0 Å². The first-order valence-electron chi connectivity index (χ1n) is 5.36. The quantitative estimate of drug-likeness (QED) is 0.644. The maximum absolute atomic E-state index is 5.46. The molecule has 3 aromatic rings. The summed E-state index contributed by atoms with van der Waals surface area (Å²) in [7, 11) is 0. The first-order valence-corrected chi connectivity index (χ1v) is 6.56. The van der Waals surface area contributed by atoms with Gasteiger partial charge in [0.1, 0.15) is 10.5 Å². The zero-order chi connectivity index (χ0) is 12.5. The zero-order valence-electron chi connectivity index (χ0n) is 9.25. The standard InChI is InChI=1S/C13H8BrN3S/c14-10-7-5-9(6-8-10)13(18)17-12-4-2-1-3-11(12)15-16-17/h1-8H. The van der Waals surface area contributed by atoms with Crippen molar-refractivity contribution >= 4 is 44.2 Å². The highest BCUT2D eigenvalue weighted by Gasteiger charge is 2.09. The Bertz CT molecular complexity index is 718. The van der Waals surface area contributed by atoms with E-state index >= 15 is 0 Å². The number of halogens is 1. The van der Waals surface area contributed by atoms with E-state index in [1.807, 2.05) is 48.5 Å². The van der Waals surface area contributed by atoms with Crippen LogP contribution in [0.4, 0.5) is 0 Å². The fraction of sp³-hybridized carbons (Fsp3) is 0. The Kier molecular flexibility index (Phi) is 2.93. The average Bonchev–Trinajstić information content (AvgIpc) is 2.82. The van der Waals surface area contributed by atoms with Crippen LogP contribution in [0.15, 0.2) is 53.0 Å². The summed E-state index contributed by atoms with van der Waals surface area (Å²) in [6, 6.07) is 15.6. The Labute approximate surface area is 118 Å². The van der Waals surface area contributed by atoms with Gasteiger partial charge in [-0.05, 0) is 24.3 Å². The molecule has 5 heteroatoms. The first kappa shape index (κ1) is 11.5. The van der Waals surface area contributed by atoms with Crippen LogP contribution < -0.4 is 0 Å². The van der Waals surface area contributed by atoms with Crippen molar-refractivity contribution < 1.29 is 0 Å². The molecule has 18 heavy (non-hydrogen) atoms. The molecular formula is C13H8BrN3S. The van der Waals surface area contributed by atoms with E-state index in [0.717, 1.165) is 21.1 Å². The van der Waals surface area contributed by atoms with Gasteiger partial charge in [0.05, 0.1) is 5.52 Å². The minimum absolute atomic E-state index is 0.649. The second-order valence-corrected chi connectivity index (χ2v) is 5.10. The van der Waals surface area contributed by atoms with E-state index in [9.17, 15) is 0 Å². The Hall–Kier alpha value is -1.59. The molecule has 1 aromatic heterocycles. The highest BCUT2D eigenvalue weighted by atomic mass is 79.9. The van der Waals surface area contributed by atoms with Crippen LogP contribution in [0.1, 0.15) is 5.56 Å². The fourth-order valence-corrected chi connectivity index (χ4v) is 2.27. The lowest BCUT2D eigenvalue weighted by atomic mass is 10.2. The third-order valence-electron chi connectivity index (χ3n) is 2.64. The van der Waals surface area contributed by atoms with Crippen molar-refractivity contribution in [2.45, 2.75) is 0 Å². The lowest BCUT2D eigenvalue weighted by molar-refractivity contribution is 0.872. The Morgan fingerprint density at radius 2 is 1.78 bits per heavy atom. The Balaban J connectivity index is 2.09. The molecule has 0 spiro atoms. The Morgan fingerprint density at radius 3 is 2.56 bits per heavy atom. The van der Waals surface area contributed by atoms with Crippen molar-refractivity contribution in [1.82, 2.24) is 15.0 Å². The molecule has 0 aliphatic heterocycles. The number of hydrogen-bond donors (Lipinski definition) is 0. The summed E-state index contributed by atoms with van der Waals surface area (Å²) in [6.07, 6.45) is 0. The van der Waals surface area contributed by atoms with Gasteiger partial charge < -0.3 is 0 Å². The molecule has 0 fully saturated rings. The molecule has 0 unspecified atom stereocenters. The summed E-state index contributed by atoms with van der Waals surface area (Å²) < 4.78 is 2.71. The third kappa shape index (κ3) is 1.95. The predicted molar refractivity (Wildman–Crippen MR) is 78.8 cm³/mol. The number of nitrogens with zero attached hydrogens (tertiary/aromatic N) is 3. The van der Waals surface area contributed by atoms with Crippen molar-refractivity contribution in [2.24, 2.45) is 0 Å². The second kappa shape index (κ2) is 4.59. The molecule has 0 saturated heterocycles. The molecule has 3 nitrogen and oxygen atoms in total. The highest BCUT2D eigenvalue weighted by Crippen LogP contribution is 2.15. The van der Waals surface area contributed by atoms with Crippen LogP contribution in [0.3, 0.4) is 0 Å². The number of aromatic nitrogens is 3. The molecular weight excluding hydrogens is 310 g/mol. The maximum atomic E-state index is 5.46. The molecule has 3 rings (SSSR count).